The number of methoxy groups -OCH3 is 2. The van der Waals surface area contributed by atoms with Gasteiger partial charge in [-0.1, -0.05) is 0 Å². The number of nitriles is 1. The van der Waals surface area contributed by atoms with Crippen LogP contribution in [0.4, 0.5) is 0 Å². The minimum Gasteiger partial charge on any atom is -0.377 e. The van der Waals surface area contributed by atoms with Crippen molar-refractivity contribution in [3.05, 3.63) is 0 Å². The minimum atomic E-state index is -0.359. The molecule has 5 nitrogen and oxygen atoms in total. The highest BCUT2D eigenvalue weighted by Crippen LogP contribution is 2.42. The van der Waals surface area contributed by atoms with Crippen LogP contribution in [0, 0.1) is 17.2 Å². The smallest absolute Gasteiger partial charge is 0.122 e. The van der Waals surface area contributed by atoms with Gasteiger partial charge >= 0.3 is 0 Å². The van der Waals surface area contributed by atoms with Gasteiger partial charge in [-0.25, -0.2) is 0 Å². The molecule has 1 saturated heterocycles. The van der Waals surface area contributed by atoms with Crippen LogP contribution in [0.3, 0.4) is 0 Å². The van der Waals surface area contributed by atoms with Crippen molar-refractivity contribution < 1.29 is 9.47 Å². The Labute approximate surface area is 121 Å². The molecule has 0 bridgehead atoms. The normalized spacial score (nSPS) is 33.9. The molecule has 0 amide bonds. The second-order valence-electron chi connectivity index (χ2n) is 6.52. The Balaban J connectivity index is 1.66. The summed E-state index contributed by atoms with van der Waals surface area (Å²) in [5.74, 6) is 0.524. The van der Waals surface area contributed by atoms with Crippen molar-refractivity contribution in [3.8, 4) is 6.07 Å². The van der Waals surface area contributed by atoms with Crippen molar-refractivity contribution in [1.29, 1.82) is 5.26 Å². The molecular weight excluding hydrogens is 254 g/mol. The molecule has 1 N–H and O–H groups in total. The lowest BCUT2D eigenvalue weighted by molar-refractivity contribution is -0.00461. The van der Waals surface area contributed by atoms with E-state index in [1.54, 1.807) is 14.2 Å². The van der Waals surface area contributed by atoms with Crippen LogP contribution in [-0.4, -0.2) is 62.5 Å². The summed E-state index contributed by atoms with van der Waals surface area (Å²) < 4.78 is 11.0. The van der Waals surface area contributed by atoms with Crippen molar-refractivity contribution in [2.75, 3.05) is 33.9 Å². The monoisotopic (exact) mass is 279 g/mol. The maximum Gasteiger partial charge on any atom is 0.122 e. The average molecular weight is 279 g/mol. The van der Waals surface area contributed by atoms with Crippen LogP contribution in [0.25, 0.3) is 0 Å². The van der Waals surface area contributed by atoms with Gasteiger partial charge in [-0.3, -0.25) is 10.2 Å². The fourth-order valence-electron chi connectivity index (χ4n) is 3.37. The first kappa shape index (κ1) is 14.3. The van der Waals surface area contributed by atoms with Gasteiger partial charge in [-0.15, -0.1) is 0 Å². The minimum absolute atomic E-state index is 0.122. The van der Waals surface area contributed by atoms with E-state index in [1.807, 2.05) is 0 Å². The molecular formula is C15H25N3O2. The van der Waals surface area contributed by atoms with Gasteiger partial charge in [0.25, 0.3) is 0 Å². The van der Waals surface area contributed by atoms with E-state index in [0.717, 1.165) is 19.6 Å². The van der Waals surface area contributed by atoms with Crippen molar-refractivity contribution in [1.82, 2.24) is 10.2 Å². The van der Waals surface area contributed by atoms with Gasteiger partial charge in [0.15, 0.2) is 0 Å². The van der Waals surface area contributed by atoms with Crippen LogP contribution in [0.5, 0.6) is 0 Å². The van der Waals surface area contributed by atoms with E-state index in [2.05, 4.69) is 16.3 Å². The summed E-state index contributed by atoms with van der Waals surface area (Å²) in [7, 11) is 3.47. The molecule has 0 spiro atoms. The van der Waals surface area contributed by atoms with Gasteiger partial charge < -0.3 is 9.47 Å². The fourth-order valence-corrected chi connectivity index (χ4v) is 3.37. The van der Waals surface area contributed by atoms with Crippen molar-refractivity contribution >= 4 is 0 Å². The van der Waals surface area contributed by atoms with Crippen LogP contribution >= 0.6 is 0 Å². The Hall–Kier alpha value is -0.670. The predicted molar refractivity (Wildman–Crippen MR) is 75.3 cm³/mol. The third-order valence-electron chi connectivity index (χ3n) is 4.88. The highest BCUT2D eigenvalue weighted by Gasteiger charge is 2.50. The number of hydrogen-bond donors (Lipinski definition) is 1. The first-order chi connectivity index (χ1) is 9.70. The molecule has 20 heavy (non-hydrogen) atoms. The van der Waals surface area contributed by atoms with Gasteiger partial charge in [-0.05, 0) is 31.6 Å². The molecule has 0 radical (unpaired) electrons. The number of ether oxygens (including phenoxy) is 2. The maximum atomic E-state index is 9.77. The van der Waals surface area contributed by atoms with E-state index >= 15 is 0 Å². The fraction of sp³-hybridized carbons (Fsp3) is 0.933. The molecule has 0 aromatic carbocycles. The van der Waals surface area contributed by atoms with E-state index in [9.17, 15) is 5.26 Å². The standard InChI is InChI=1S/C15H25N3O2/c1-19-13-7-18(8-14(13)20-2)10-15(9-16,11-3-4-11)17-12-5-6-12/h11-14,17H,3-8,10H2,1-2H3. The highest BCUT2D eigenvalue weighted by molar-refractivity contribution is 5.19. The summed E-state index contributed by atoms with van der Waals surface area (Å²) in [6, 6.07) is 3.17. The Morgan fingerprint density at radius 1 is 1.15 bits per heavy atom. The molecule has 1 heterocycles. The first-order valence-electron chi connectivity index (χ1n) is 7.67. The van der Waals surface area contributed by atoms with E-state index in [0.29, 0.717) is 12.0 Å². The average Bonchev–Trinajstić information content (AvgIpc) is 3.36. The SMILES string of the molecule is COC1CN(CC(C#N)(NC2CC2)C2CC2)CC1OC. The van der Waals surface area contributed by atoms with Gasteiger partial charge in [0, 0.05) is 39.9 Å². The molecule has 3 atom stereocenters. The second-order valence-corrected chi connectivity index (χ2v) is 6.52. The third-order valence-corrected chi connectivity index (χ3v) is 4.88. The third kappa shape index (κ3) is 2.84. The molecule has 3 fully saturated rings. The quantitative estimate of drug-likeness (QED) is 0.745. The second kappa shape index (κ2) is 5.61. The molecule has 3 aliphatic rings. The number of likely N-dealkylation sites (tertiary alicyclic amines) is 1. The van der Waals surface area contributed by atoms with Crippen LogP contribution in [0.1, 0.15) is 25.7 Å². The van der Waals surface area contributed by atoms with Crippen molar-refractivity contribution in [2.24, 2.45) is 5.92 Å². The number of rotatable bonds is 7. The maximum absolute atomic E-state index is 9.77. The lowest BCUT2D eigenvalue weighted by Gasteiger charge is -2.32. The van der Waals surface area contributed by atoms with Gasteiger partial charge in [-0.2, -0.15) is 5.26 Å². The molecule has 0 aromatic heterocycles. The molecule has 5 heteroatoms. The van der Waals surface area contributed by atoms with Crippen LogP contribution in [0.2, 0.25) is 0 Å². The summed E-state index contributed by atoms with van der Waals surface area (Å²) in [5.41, 5.74) is -0.359. The lowest BCUT2D eigenvalue weighted by Crippen LogP contribution is -2.55. The molecule has 2 saturated carbocycles. The Kier molecular flexibility index (Phi) is 4.00. The highest BCUT2D eigenvalue weighted by atomic mass is 16.5. The van der Waals surface area contributed by atoms with Crippen LogP contribution < -0.4 is 5.32 Å². The zero-order valence-corrected chi connectivity index (χ0v) is 12.5. The lowest BCUT2D eigenvalue weighted by atomic mass is 9.94. The van der Waals surface area contributed by atoms with Crippen LogP contribution in [0.15, 0.2) is 0 Å². The topological polar surface area (TPSA) is 57.5 Å². The molecule has 0 aromatic rings. The predicted octanol–water partition coefficient (Wildman–Crippen LogP) is 0.756. The van der Waals surface area contributed by atoms with E-state index in [1.165, 1.54) is 25.7 Å². The summed E-state index contributed by atoms with van der Waals surface area (Å²) in [6.07, 6.45) is 5.05. The number of hydrogen-bond acceptors (Lipinski definition) is 5. The Morgan fingerprint density at radius 2 is 1.75 bits per heavy atom. The Morgan fingerprint density at radius 3 is 2.15 bits per heavy atom. The van der Waals surface area contributed by atoms with Gasteiger partial charge in [0.2, 0.25) is 0 Å². The molecule has 3 rings (SSSR count). The summed E-state index contributed by atoms with van der Waals surface area (Å²) in [5, 5.41) is 13.4. The Bertz CT molecular complexity index is 377. The van der Waals surface area contributed by atoms with Gasteiger partial charge in [0.05, 0.1) is 18.3 Å². The number of nitrogens with zero attached hydrogens (tertiary/aromatic N) is 2. The van der Waals surface area contributed by atoms with Crippen molar-refractivity contribution in [3.63, 3.8) is 0 Å². The van der Waals surface area contributed by atoms with Crippen molar-refractivity contribution in [2.45, 2.75) is 49.5 Å². The summed E-state index contributed by atoms with van der Waals surface area (Å²) in [6.45, 7) is 2.51. The molecule has 112 valence electrons. The largest absolute Gasteiger partial charge is 0.377 e. The van der Waals surface area contributed by atoms with Gasteiger partial charge in [0.1, 0.15) is 5.54 Å². The molecule has 1 aliphatic heterocycles. The van der Waals surface area contributed by atoms with E-state index < -0.39 is 0 Å². The van der Waals surface area contributed by atoms with Crippen LogP contribution in [-0.2, 0) is 9.47 Å². The summed E-state index contributed by atoms with van der Waals surface area (Å²) >= 11 is 0. The summed E-state index contributed by atoms with van der Waals surface area (Å²) in [4.78, 5) is 2.33. The zero-order valence-electron chi connectivity index (χ0n) is 12.5. The molecule has 3 unspecified atom stereocenters. The molecule has 2 aliphatic carbocycles. The zero-order chi connectivity index (χ0) is 14.2. The van der Waals surface area contributed by atoms with E-state index in [-0.39, 0.29) is 17.7 Å². The number of nitrogens with one attached hydrogen (secondary N) is 1. The first-order valence-corrected chi connectivity index (χ1v) is 7.67. The van der Waals surface area contributed by atoms with E-state index in [4.69, 9.17) is 9.47 Å².